The minimum Gasteiger partial charge on any atom is -0.496 e. The van der Waals surface area contributed by atoms with Crippen molar-refractivity contribution < 1.29 is 4.74 Å². The van der Waals surface area contributed by atoms with E-state index in [0.717, 1.165) is 22.8 Å². The minimum absolute atomic E-state index is 0.359. The first-order valence-electron chi connectivity index (χ1n) is 5.23. The standard InChI is InChI=1S/C12H14ClN3O/c1-16-9(7-14)11(13)15-12(16)8-5-3-4-6-10(8)17-2/h3-6H,7,14H2,1-2H3. The number of hydrogen-bond acceptors (Lipinski definition) is 3. The average molecular weight is 252 g/mol. The lowest BCUT2D eigenvalue weighted by Crippen LogP contribution is -2.05. The monoisotopic (exact) mass is 251 g/mol. The van der Waals surface area contributed by atoms with Crippen LogP contribution in [0.15, 0.2) is 24.3 Å². The smallest absolute Gasteiger partial charge is 0.152 e. The second kappa shape index (κ2) is 4.77. The number of para-hydroxylation sites is 1. The number of nitrogens with zero attached hydrogens (tertiary/aromatic N) is 2. The van der Waals surface area contributed by atoms with Gasteiger partial charge in [-0.2, -0.15) is 0 Å². The average Bonchev–Trinajstić information content (AvgIpc) is 2.64. The van der Waals surface area contributed by atoms with Crippen molar-refractivity contribution in [2.45, 2.75) is 6.54 Å². The summed E-state index contributed by atoms with van der Waals surface area (Å²) in [5, 5.41) is 0.441. The van der Waals surface area contributed by atoms with Gasteiger partial charge in [0.1, 0.15) is 11.6 Å². The number of rotatable bonds is 3. The molecule has 0 atom stereocenters. The van der Waals surface area contributed by atoms with Crippen molar-refractivity contribution >= 4 is 11.6 Å². The number of hydrogen-bond donors (Lipinski definition) is 1. The summed E-state index contributed by atoms with van der Waals surface area (Å²) in [6.07, 6.45) is 0. The number of methoxy groups -OCH3 is 1. The third-order valence-electron chi connectivity index (χ3n) is 2.71. The molecule has 4 nitrogen and oxygen atoms in total. The van der Waals surface area contributed by atoms with Crippen molar-refractivity contribution in [3.8, 4) is 17.1 Å². The van der Waals surface area contributed by atoms with E-state index in [1.54, 1.807) is 7.11 Å². The molecule has 2 aromatic rings. The zero-order valence-electron chi connectivity index (χ0n) is 9.77. The Morgan fingerprint density at radius 1 is 1.41 bits per heavy atom. The third-order valence-corrected chi connectivity index (χ3v) is 3.01. The van der Waals surface area contributed by atoms with Gasteiger partial charge in [0.2, 0.25) is 0 Å². The first-order valence-corrected chi connectivity index (χ1v) is 5.61. The summed E-state index contributed by atoms with van der Waals surface area (Å²) in [5.41, 5.74) is 7.35. The van der Waals surface area contributed by atoms with Gasteiger partial charge in [-0.1, -0.05) is 23.7 Å². The van der Waals surface area contributed by atoms with Crippen molar-refractivity contribution in [3.63, 3.8) is 0 Å². The Morgan fingerprint density at radius 3 is 2.71 bits per heavy atom. The van der Waals surface area contributed by atoms with Gasteiger partial charge >= 0.3 is 0 Å². The van der Waals surface area contributed by atoms with Crippen molar-refractivity contribution in [3.05, 3.63) is 35.1 Å². The highest BCUT2D eigenvalue weighted by Gasteiger charge is 2.15. The van der Waals surface area contributed by atoms with Crippen LogP contribution in [-0.4, -0.2) is 16.7 Å². The van der Waals surface area contributed by atoms with Crippen LogP contribution >= 0.6 is 11.6 Å². The lowest BCUT2D eigenvalue weighted by atomic mass is 10.2. The van der Waals surface area contributed by atoms with E-state index in [4.69, 9.17) is 22.1 Å². The molecule has 0 unspecified atom stereocenters. The lowest BCUT2D eigenvalue weighted by Gasteiger charge is -2.08. The second-order valence-electron chi connectivity index (χ2n) is 3.64. The molecular weight excluding hydrogens is 238 g/mol. The Morgan fingerprint density at radius 2 is 2.12 bits per heavy atom. The minimum atomic E-state index is 0.359. The Kier molecular flexibility index (Phi) is 3.36. The number of aromatic nitrogens is 2. The number of nitrogens with two attached hydrogens (primary N) is 1. The van der Waals surface area contributed by atoms with Crippen LogP contribution in [0.25, 0.3) is 11.4 Å². The van der Waals surface area contributed by atoms with E-state index in [0.29, 0.717) is 11.7 Å². The molecule has 0 aliphatic heterocycles. The Bertz CT molecular complexity index is 537. The van der Waals surface area contributed by atoms with E-state index in [2.05, 4.69) is 4.98 Å². The van der Waals surface area contributed by atoms with Crippen LogP contribution in [0, 0.1) is 0 Å². The van der Waals surface area contributed by atoms with Gasteiger partial charge in [-0.3, -0.25) is 0 Å². The molecule has 0 spiro atoms. The van der Waals surface area contributed by atoms with Crippen LogP contribution in [-0.2, 0) is 13.6 Å². The molecule has 17 heavy (non-hydrogen) atoms. The molecule has 0 aliphatic rings. The molecule has 2 rings (SSSR count). The van der Waals surface area contributed by atoms with Gasteiger partial charge in [-0.25, -0.2) is 4.98 Å². The van der Waals surface area contributed by atoms with Crippen LogP contribution < -0.4 is 10.5 Å². The topological polar surface area (TPSA) is 53.1 Å². The van der Waals surface area contributed by atoms with Crippen LogP contribution in [0.3, 0.4) is 0 Å². The molecule has 1 aromatic heterocycles. The predicted molar refractivity (Wildman–Crippen MR) is 68.1 cm³/mol. The summed E-state index contributed by atoms with van der Waals surface area (Å²) in [7, 11) is 3.52. The Hall–Kier alpha value is -1.52. The van der Waals surface area contributed by atoms with E-state index in [9.17, 15) is 0 Å². The fourth-order valence-electron chi connectivity index (χ4n) is 1.79. The first kappa shape index (κ1) is 12.0. The molecule has 1 heterocycles. The molecule has 0 fully saturated rings. The quantitative estimate of drug-likeness (QED) is 0.910. The molecule has 0 radical (unpaired) electrons. The summed E-state index contributed by atoms with van der Waals surface area (Å²) >= 11 is 6.04. The molecule has 0 bridgehead atoms. The zero-order chi connectivity index (χ0) is 12.4. The van der Waals surface area contributed by atoms with E-state index in [1.165, 1.54) is 0 Å². The normalized spacial score (nSPS) is 10.6. The van der Waals surface area contributed by atoms with Gasteiger partial charge in [0.15, 0.2) is 5.15 Å². The lowest BCUT2D eigenvalue weighted by molar-refractivity contribution is 0.416. The molecule has 0 aliphatic carbocycles. The maximum absolute atomic E-state index is 6.04. The highest BCUT2D eigenvalue weighted by Crippen LogP contribution is 2.31. The number of ether oxygens (including phenoxy) is 1. The van der Waals surface area contributed by atoms with Crippen LogP contribution in [0.1, 0.15) is 5.69 Å². The van der Waals surface area contributed by atoms with Gasteiger partial charge in [-0.15, -0.1) is 0 Å². The molecule has 90 valence electrons. The van der Waals surface area contributed by atoms with E-state index < -0.39 is 0 Å². The van der Waals surface area contributed by atoms with Gasteiger partial charge in [-0.05, 0) is 12.1 Å². The summed E-state index contributed by atoms with van der Waals surface area (Å²) in [6, 6.07) is 7.68. The molecule has 0 saturated carbocycles. The zero-order valence-corrected chi connectivity index (χ0v) is 10.5. The predicted octanol–water partition coefficient (Wildman–Crippen LogP) is 2.21. The molecule has 0 saturated heterocycles. The third kappa shape index (κ3) is 2.01. The van der Waals surface area contributed by atoms with Gasteiger partial charge in [0.05, 0.1) is 18.4 Å². The SMILES string of the molecule is COc1ccccc1-c1nc(Cl)c(CN)n1C. The number of benzene rings is 1. The molecule has 1 aromatic carbocycles. The van der Waals surface area contributed by atoms with Crippen LogP contribution in [0.5, 0.6) is 5.75 Å². The number of halogens is 1. The highest BCUT2D eigenvalue weighted by molar-refractivity contribution is 6.30. The Labute approximate surface area is 105 Å². The van der Waals surface area contributed by atoms with Crippen LogP contribution in [0.2, 0.25) is 5.15 Å². The highest BCUT2D eigenvalue weighted by atomic mass is 35.5. The fraction of sp³-hybridized carbons (Fsp3) is 0.250. The van der Waals surface area contributed by atoms with E-state index >= 15 is 0 Å². The van der Waals surface area contributed by atoms with Crippen molar-refractivity contribution in [2.24, 2.45) is 12.8 Å². The molecule has 2 N–H and O–H groups in total. The van der Waals surface area contributed by atoms with Crippen molar-refractivity contribution in [2.75, 3.05) is 7.11 Å². The summed E-state index contributed by atoms with van der Waals surface area (Å²) in [4.78, 5) is 4.33. The summed E-state index contributed by atoms with van der Waals surface area (Å²) in [6.45, 7) is 0.359. The molecule has 5 heteroatoms. The van der Waals surface area contributed by atoms with Crippen LogP contribution in [0.4, 0.5) is 0 Å². The Balaban J connectivity index is 2.61. The van der Waals surface area contributed by atoms with E-state index in [1.807, 2.05) is 35.9 Å². The van der Waals surface area contributed by atoms with Gasteiger partial charge in [0.25, 0.3) is 0 Å². The van der Waals surface area contributed by atoms with E-state index in [-0.39, 0.29) is 0 Å². The molecular formula is C12H14ClN3O. The van der Waals surface area contributed by atoms with Gasteiger partial charge in [0, 0.05) is 13.6 Å². The first-order chi connectivity index (χ1) is 8.19. The fourth-order valence-corrected chi connectivity index (χ4v) is 2.07. The van der Waals surface area contributed by atoms with Gasteiger partial charge < -0.3 is 15.0 Å². The summed E-state index contributed by atoms with van der Waals surface area (Å²) < 4.78 is 7.20. The maximum Gasteiger partial charge on any atom is 0.152 e. The summed E-state index contributed by atoms with van der Waals surface area (Å²) in [5.74, 6) is 1.52. The number of imidazole rings is 1. The second-order valence-corrected chi connectivity index (χ2v) is 3.99. The maximum atomic E-state index is 6.04. The largest absolute Gasteiger partial charge is 0.496 e. The molecule has 0 amide bonds. The van der Waals surface area contributed by atoms with Crippen molar-refractivity contribution in [1.82, 2.24) is 9.55 Å². The van der Waals surface area contributed by atoms with Crippen molar-refractivity contribution in [1.29, 1.82) is 0 Å².